The fraction of sp³-hybridized carbons (Fsp3) is 0.286. The van der Waals surface area contributed by atoms with Gasteiger partial charge in [0.15, 0.2) is 6.29 Å². The van der Waals surface area contributed by atoms with E-state index < -0.39 is 0 Å². The molecule has 0 bridgehead atoms. The lowest BCUT2D eigenvalue weighted by Gasteiger charge is -2.07. The van der Waals surface area contributed by atoms with Gasteiger partial charge < -0.3 is 0 Å². The summed E-state index contributed by atoms with van der Waals surface area (Å²) < 4.78 is 1.82. The maximum absolute atomic E-state index is 10.9. The highest BCUT2D eigenvalue weighted by atomic mass is 35.5. The van der Waals surface area contributed by atoms with Crippen molar-refractivity contribution >= 4 is 17.9 Å². The van der Waals surface area contributed by atoms with Crippen LogP contribution in [0.5, 0.6) is 0 Å². The molecule has 2 rings (SSSR count). The summed E-state index contributed by atoms with van der Waals surface area (Å²) >= 11 is 6.20. The minimum absolute atomic E-state index is 0.583. The molecule has 0 aliphatic heterocycles. The first-order valence-electron chi connectivity index (χ1n) is 5.77. The van der Waals surface area contributed by atoms with Crippen molar-refractivity contribution in [2.45, 2.75) is 27.3 Å². The second kappa shape index (κ2) is 4.94. The molecular formula is C14H15ClN2O. The number of carbonyl (C=O) groups is 1. The summed E-state index contributed by atoms with van der Waals surface area (Å²) in [5, 5.41) is 5.10. The van der Waals surface area contributed by atoms with Crippen molar-refractivity contribution < 1.29 is 4.79 Å². The van der Waals surface area contributed by atoms with Crippen LogP contribution >= 0.6 is 11.6 Å². The van der Waals surface area contributed by atoms with Crippen LogP contribution in [0, 0.1) is 20.8 Å². The molecule has 1 aromatic heterocycles. The number of hydrogen-bond donors (Lipinski definition) is 0. The number of aromatic nitrogens is 2. The average Bonchev–Trinajstić information content (AvgIpc) is 2.58. The van der Waals surface area contributed by atoms with E-state index in [9.17, 15) is 4.79 Å². The van der Waals surface area contributed by atoms with Gasteiger partial charge in [0, 0.05) is 10.7 Å². The van der Waals surface area contributed by atoms with E-state index in [-0.39, 0.29) is 0 Å². The summed E-state index contributed by atoms with van der Waals surface area (Å²) in [5.74, 6) is 0. The van der Waals surface area contributed by atoms with E-state index in [4.69, 9.17) is 11.6 Å². The summed E-state index contributed by atoms with van der Waals surface area (Å²) in [7, 11) is 0. The van der Waals surface area contributed by atoms with E-state index in [0.717, 1.165) is 33.8 Å². The molecule has 2 aromatic rings. The van der Waals surface area contributed by atoms with Crippen LogP contribution in [0.1, 0.15) is 32.9 Å². The first-order chi connectivity index (χ1) is 8.52. The standard InChI is InChI=1S/C14H15ClN2O/c1-9-4-5-12(14(15)6-9)7-17-11(3)13(8-18)10(2)16-17/h4-6,8H,7H2,1-3H3. The average molecular weight is 263 g/mol. The lowest BCUT2D eigenvalue weighted by molar-refractivity contribution is 0.112. The van der Waals surface area contributed by atoms with Crippen molar-refractivity contribution in [3.8, 4) is 0 Å². The number of rotatable bonds is 3. The number of nitrogens with zero attached hydrogens (tertiary/aromatic N) is 2. The predicted molar refractivity (Wildman–Crippen MR) is 72.4 cm³/mol. The van der Waals surface area contributed by atoms with E-state index in [1.807, 2.05) is 43.7 Å². The van der Waals surface area contributed by atoms with Gasteiger partial charge in [-0.15, -0.1) is 0 Å². The van der Waals surface area contributed by atoms with Crippen LogP contribution in [-0.2, 0) is 6.54 Å². The molecule has 3 nitrogen and oxygen atoms in total. The van der Waals surface area contributed by atoms with Crippen LogP contribution in [0.25, 0.3) is 0 Å². The molecule has 1 heterocycles. The Morgan fingerprint density at radius 1 is 1.33 bits per heavy atom. The zero-order valence-electron chi connectivity index (χ0n) is 10.7. The Balaban J connectivity index is 2.37. The van der Waals surface area contributed by atoms with E-state index in [2.05, 4.69) is 5.10 Å². The maximum atomic E-state index is 10.9. The molecule has 0 saturated carbocycles. The number of aryl methyl sites for hydroxylation is 2. The topological polar surface area (TPSA) is 34.9 Å². The third-order valence-electron chi connectivity index (χ3n) is 3.08. The molecule has 1 aromatic carbocycles. The molecule has 0 amide bonds. The van der Waals surface area contributed by atoms with Crippen molar-refractivity contribution in [1.82, 2.24) is 9.78 Å². The number of carbonyl (C=O) groups excluding carboxylic acids is 1. The van der Waals surface area contributed by atoms with Crippen LogP contribution in [0.2, 0.25) is 5.02 Å². The number of halogens is 1. The van der Waals surface area contributed by atoms with Gasteiger partial charge in [0.25, 0.3) is 0 Å². The molecule has 0 fully saturated rings. The number of aldehydes is 1. The Labute approximate surface area is 111 Å². The minimum atomic E-state index is 0.583. The lowest BCUT2D eigenvalue weighted by Crippen LogP contribution is -2.05. The molecule has 0 spiro atoms. The van der Waals surface area contributed by atoms with E-state index in [0.29, 0.717) is 12.1 Å². The van der Waals surface area contributed by atoms with E-state index in [1.165, 1.54) is 0 Å². The van der Waals surface area contributed by atoms with Gasteiger partial charge in [-0.2, -0.15) is 5.10 Å². The first-order valence-corrected chi connectivity index (χ1v) is 6.15. The first kappa shape index (κ1) is 12.8. The molecular weight excluding hydrogens is 248 g/mol. The quantitative estimate of drug-likeness (QED) is 0.796. The fourth-order valence-electron chi connectivity index (χ4n) is 1.98. The highest BCUT2D eigenvalue weighted by Gasteiger charge is 2.11. The number of hydrogen-bond acceptors (Lipinski definition) is 2. The van der Waals surface area contributed by atoms with E-state index in [1.54, 1.807) is 0 Å². The molecule has 0 N–H and O–H groups in total. The Hall–Kier alpha value is -1.61. The molecule has 0 radical (unpaired) electrons. The van der Waals surface area contributed by atoms with Gasteiger partial charge >= 0.3 is 0 Å². The zero-order valence-corrected chi connectivity index (χ0v) is 11.5. The maximum Gasteiger partial charge on any atom is 0.153 e. The predicted octanol–water partition coefficient (Wildman–Crippen LogP) is 3.32. The zero-order chi connectivity index (χ0) is 13.3. The van der Waals surface area contributed by atoms with Gasteiger partial charge in [-0.1, -0.05) is 23.7 Å². The molecule has 0 atom stereocenters. The van der Waals surface area contributed by atoms with Crippen molar-refractivity contribution in [2.24, 2.45) is 0 Å². The van der Waals surface area contributed by atoms with Crippen molar-refractivity contribution in [3.05, 3.63) is 51.3 Å². The van der Waals surface area contributed by atoms with Crippen LogP contribution in [0.3, 0.4) is 0 Å². The molecule has 94 valence electrons. The molecule has 0 saturated heterocycles. The second-order valence-corrected chi connectivity index (χ2v) is 4.86. The molecule has 0 aliphatic rings. The molecule has 0 unspecified atom stereocenters. The molecule has 4 heteroatoms. The summed E-state index contributed by atoms with van der Waals surface area (Å²) in [5.41, 5.74) is 4.43. The Bertz CT molecular complexity index is 602. The minimum Gasteiger partial charge on any atom is -0.298 e. The van der Waals surface area contributed by atoms with Gasteiger partial charge in [-0.25, -0.2) is 0 Å². The lowest BCUT2D eigenvalue weighted by atomic mass is 10.1. The smallest absolute Gasteiger partial charge is 0.153 e. The summed E-state index contributed by atoms with van der Waals surface area (Å²) in [6, 6.07) is 5.95. The highest BCUT2D eigenvalue weighted by Crippen LogP contribution is 2.20. The number of benzene rings is 1. The van der Waals surface area contributed by atoms with Gasteiger partial charge in [0.05, 0.1) is 17.8 Å². The van der Waals surface area contributed by atoms with Gasteiger partial charge in [-0.05, 0) is 38.0 Å². The van der Waals surface area contributed by atoms with Crippen LogP contribution in [-0.4, -0.2) is 16.1 Å². The van der Waals surface area contributed by atoms with Gasteiger partial charge in [0.2, 0.25) is 0 Å². The van der Waals surface area contributed by atoms with Gasteiger partial charge in [0.1, 0.15) is 0 Å². The van der Waals surface area contributed by atoms with Crippen LogP contribution < -0.4 is 0 Å². The van der Waals surface area contributed by atoms with Crippen molar-refractivity contribution in [1.29, 1.82) is 0 Å². The highest BCUT2D eigenvalue weighted by molar-refractivity contribution is 6.31. The van der Waals surface area contributed by atoms with E-state index >= 15 is 0 Å². The largest absolute Gasteiger partial charge is 0.298 e. The monoisotopic (exact) mass is 262 g/mol. The van der Waals surface area contributed by atoms with Crippen LogP contribution in [0.15, 0.2) is 18.2 Å². The normalized spacial score (nSPS) is 10.7. The summed E-state index contributed by atoms with van der Waals surface area (Å²) in [6.45, 7) is 6.32. The Kier molecular flexibility index (Phi) is 3.53. The third kappa shape index (κ3) is 2.31. The summed E-state index contributed by atoms with van der Waals surface area (Å²) in [6.07, 6.45) is 0.852. The summed E-state index contributed by atoms with van der Waals surface area (Å²) in [4.78, 5) is 10.9. The Morgan fingerprint density at radius 3 is 2.61 bits per heavy atom. The molecule has 0 aliphatic carbocycles. The van der Waals surface area contributed by atoms with Crippen LogP contribution in [0.4, 0.5) is 0 Å². The van der Waals surface area contributed by atoms with Crippen molar-refractivity contribution in [2.75, 3.05) is 0 Å². The third-order valence-corrected chi connectivity index (χ3v) is 3.44. The SMILES string of the molecule is Cc1ccc(Cn2nc(C)c(C=O)c2C)c(Cl)c1. The second-order valence-electron chi connectivity index (χ2n) is 4.45. The van der Waals surface area contributed by atoms with Crippen molar-refractivity contribution in [3.63, 3.8) is 0 Å². The Morgan fingerprint density at radius 2 is 2.06 bits per heavy atom. The fourth-order valence-corrected chi connectivity index (χ4v) is 2.27. The van der Waals surface area contributed by atoms with Gasteiger partial charge in [-0.3, -0.25) is 9.48 Å². The molecule has 18 heavy (non-hydrogen) atoms.